The number of rotatable bonds is 5. The van der Waals surface area contributed by atoms with Crippen molar-refractivity contribution in [1.82, 2.24) is 0 Å². The molecule has 4 aromatic carbocycles. The Hall–Kier alpha value is -1.73. The second kappa shape index (κ2) is 19.0. The number of allylic oxidation sites excluding steroid dienone is 4. The van der Waals surface area contributed by atoms with Crippen molar-refractivity contribution in [3.63, 3.8) is 0 Å². The van der Waals surface area contributed by atoms with Gasteiger partial charge in [0.25, 0.3) is 0 Å². The first-order valence-corrected chi connectivity index (χ1v) is 18.3. The Labute approximate surface area is 327 Å². The van der Waals surface area contributed by atoms with E-state index in [4.69, 9.17) is 23.2 Å². The first-order valence-electron chi connectivity index (χ1n) is 16.3. The second-order valence-electron chi connectivity index (χ2n) is 13.6. The Bertz CT molecular complexity index is 1640. The summed E-state index contributed by atoms with van der Waals surface area (Å²) in [5, 5.41) is 1.53. The maximum absolute atomic E-state index is 5.86. The van der Waals surface area contributed by atoms with E-state index in [0.29, 0.717) is 11.3 Å². The Balaban J connectivity index is 0.000000248. The molecule has 2 aliphatic carbocycles. The molecule has 0 nitrogen and oxygen atoms in total. The van der Waals surface area contributed by atoms with Crippen molar-refractivity contribution in [2.45, 2.75) is 81.1 Å². The van der Waals surface area contributed by atoms with Gasteiger partial charge < -0.3 is 24.8 Å². The quantitative estimate of drug-likeness (QED) is 0.177. The van der Waals surface area contributed by atoms with Crippen LogP contribution in [-0.4, -0.2) is 3.21 Å². The molecule has 0 radical (unpaired) electrons. The first-order chi connectivity index (χ1) is 21.8. The number of unbranched alkanes of at least 4 members (excludes halogenated alkanes) is 1. The number of halogens is 4. The minimum atomic E-state index is 0. The van der Waals surface area contributed by atoms with Crippen LogP contribution < -0.4 is 24.8 Å². The van der Waals surface area contributed by atoms with Crippen molar-refractivity contribution in [2.24, 2.45) is 11.3 Å². The van der Waals surface area contributed by atoms with Crippen LogP contribution in [0.1, 0.15) is 91.5 Å². The molecule has 0 aromatic heterocycles. The summed E-state index contributed by atoms with van der Waals surface area (Å²) in [7, 11) is 0. The summed E-state index contributed by atoms with van der Waals surface area (Å²) in [6, 6.07) is 26.4. The zero-order valence-corrected chi connectivity index (χ0v) is 34.9. The fourth-order valence-electron chi connectivity index (χ4n) is 5.61. The Kier molecular flexibility index (Phi) is 16.8. The van der Waals surface area contributed by atoms with Gasteiger partial charge in [0.2, 0.25) is 0 Å². The van der Waals surface area contributed by atoms with E-state index in [1.807, 2.05) is 48.5 Å². The maximum atomic E-state index is 5.86. The van der Waals surface area contributed by atoms with Gasteiger partial charge in [-0.15, -0.1) is 11.1 Å². The van der Waals surface area contributed by atoms with Crippen molar-refractivity contribution in [3.05, 3.63) is 151 Å². The summed E-state index contributed by atoms with van der Waals surface area (Å²) >= 11 is 13.1. The van der Waals surface area contributed by atoms with Crippen LogP contribution >= 0.6 is 23.2 Å². The molecule has 4 aromatic rings. The van der Waals surface area contributed by atoms with Gasteiger partial charge in [-0.05, 0) is 37.0 Å². The molecule has 48 heavy (non-hydrogen) atoms. The van der Waals surface area contributed by atoms with E-state index < -0.39 is 0 Å². The molecule has 0 N–H and O–H groups in total. The molecule has 0 spiro atoms. The summed E-state index contributed by atoms with van der Waals surface area (Å²) in [5.74, 6) is 0.592. The van der Waals surface area contributed by atoms with Crippen LogP contribution in [-0.2, 0) is 30.7 Å². The minimum absolute atomic E-state index is 0. The van der Waals surface area contributed by atoms with Gasteiger partial charge in [-0.2, -0.15) is 34.9 Å². The molecule has 1 unspecified atom stereocenters. The Morgan fingerprint density at radius 2 is 1.31 bits per heavy atom. The summed E-state index contributed by atoms with van der Waals surface area (Å²) < 4.78 is 1.31. The molecule has 0 bridgehead atoms. The summed E-state index contributed by atoms with van der Waals surface area (Å²) in [6.45, 7) is 17.7. The smallest absolute Gasteiger partial charge is 1.00 e. The van der Waals surface area contributed by atoms with Gasteiger partial charge in [0, 0.05) is 0 Å². The predicted molar refractivity (Wildman–Crippen MR) is 197 cm³/mol. The normalized spacial score (nSPS) is 13.8. The fraction of sp³-hybridized carbons (Fsp3) is 0.326. The Morgan fingerprint density at radius 1 is 0.792 bits per heavy atom. The molecule has 6 rings (SSSR count). The van der Waals surface area contributed by atoms with E-state index >= 15 is 0 Å². The maximum Gasteiger partial charge on any atom is -1.00 e. The molecule has 0 amide bonds. The summed E-state index contributed by atoms with van der Waals surface area (Å²) in [5.41, 5.74) is 15.2. The zero-order valence-electron chi connectivity index (χ0n) is 29.4. The van der Waals surface area contributed by atoms with Crippen LogP contribution in [0.25, 0.3) is 11.1 Å². The number of aryl methyl sites for hydroxylation is 4. The van der Waals surface area contributed by atoms with E-state index in [9.17, 15) is 0 Å². The summed E-state index contributed by atoms with van der Waals surface area (Å²) in [4.78, 5) is 0. The van der Waals surface area contributed by atoms with Crippen molar-refractivity contribution in [1.29, 1.82) is 0 Å². The third kappa shape index (κ3) is 11.4. The van der Waals surface area contributed by atoms with Gasteiger partial charge in [-0.3, -0.25) is 6.08 Å². The van der Waals surface area contributed by atoms with E-state index in [0.717, 1.165) is 16.5 Å². The molecule has 0 saturated heterocycles. The van der Waals surface area contributed by atoms with Crippen molar-refractivity contribution < 1.29 is 49.0 Å². The van der Waals surface area contributed by atoms with E-state index in [1.54, 1.807) is 0 Å². The monoisotopic (exact) mass is 792 g/mol. The van der Waals surface area contributed by atoms with Gasteiger partial charge in [-0.1, -0.05) is 89.8 Å². The van der Waals surface area contributed by atoms with E-state index in [-0.39, 0.29) is 24.8 Å². The van der Waals surface area contributed by atoms with Crippen LogP contribution in [0, 0.1) is 51.2 Å². The van der Waals surface area contributed by atoms with Crippen molar-refractivity contribution in [2.75, 3.05) is 0 Å². The molecule has 2 aliphatic rings. The average Bonchev–Trinajstić information content (AvgIpc) is 3.63. The molecule has 0 saturated carbocycles. The van der Waals surface area contributed by atoms with Gasteiger partial charge in [0.15, 0.2) is 0 Å². The average molecular weight is 796 g/mol. The number of hydrogen-bond donors (Lipinski definition) is 0. The van der Waals surface area contributed by atoms with Crippen molar-refractivity contribution in [3.8, 4) is 11.1 Å². The standard InChI is InChI=1S/C17H17.C13H8Cl2.C13H21.2ClH.Zr/c1-10-5-14-9-15-6-11(2)13(4)8-17(15)16(14)7-12(10)3;14-12-5-1-10(2-6-12)9-11-3-7-13(15)8-4-11;1-5-6-7-11-8-9-12(10-11)13(2,3)4;;;/h5,7-8H,9H2,1-4H3;1-8H;9-11H,5-7H2,1-4H3;2*1H;/q-1;;-1;;;+2/p-2. The largest absolute Gasteiger partial charge is 1.00 e. The van der Waals surface area contributed by atoms with E-state index in [2.05, 4.69) is 97.9 Å². The van der Waals surface area contributed by atoms with Crippen LogP contribution in [0.3, 0.4) is 0 Å². The molecule has 252 valence electrons. The van der Waals surface area contributed by atoms with Gasteiger partial charge in [0.05, 0.1) is 0 Å². The number of fused-ring (bicyclic) bond motifs is 3. The molecule has 0 aliphatic heterocycles. The molecule has 0 fully saturated rings. The van der Waals surface area contributed by atoms with Gasteiger partial charge >= 0.3 is 120 Å². The summed E-state index contributed by atoms with van der Waals surface area (Å²) in [6.07, 6.45) is 12.9. The predicted octanol–water partition coefficient (Wildman–Crippen LogP) is 6.55. The van der Waals surface area contributed by atoms with Crippen molar-refractivity contribution >= 4 is 26.4 Å². The zero-order chi connectivity index (χ0) is 33.6. The SMILES string of the molecule is CCCCC1[C-]=CC(C(C)(C)C)=C1.Cc1[c-]c2c(cc1C)-c1cc(C)c(C)cc1C2.Clc1ccc([C](=[Zr+2])c2ccc(Cl)cc2)cc1.[Cl-].[Cl-]. The molecule has 5 heteroatoms. The molecular formula is C43H46Cl4Zr-2. The second-order valence-corrected chi connectivity index (χ2v) is 15.7. The Morgan fingerprint density at radius 3 is 1.81 bits per heavy atom. The first kappa shape index (κ1) is 42.4. The minimum Gasteiger partial charge on any atom is -1.00 e. The van der Waals surface area contributed by atoms with Crippen LogP contribution in [0.15, 0.2) is 84.5 Å². The molecular weight excluding hydrogens is 750 g/mol. The topological polar surface area (TPSA) is 0 Å². The third-order valence-electron chi connectivity index (χ3n) is 8.83. The van der Waals surface area contributed by atoms with Gasteiger partial charge in [0.1, 0.15) is 0 Å². The number of benzene rings is 4. The number of hydrogen-bond acceptors (Lipinski definition) is 0. The van der Waals surface area contributed by atoms with Crippen LogP contribution in [0.2, 0.25) is 10.0 Å². The molecule has 0 heterocycles. The molecule has 1 atom stereocenters. The fourth-order valence-corrected chi connectivity index (χ4v) is 6.69. The van der Waals surface area contributed by atoms with Gasteiger partial charge in [-0.25, -0.2) is 6.08 Å². The van der Waals surface area contributed by atoms with Crippen LogP contribution in [0.4, 0.5) is 0 Å². The third-order valence-corrected chi connectivity index (χ3v) is 10.8. The van der Waals surface area contributed by atoms with E-state index in [1.165, 1.54) is 108 Å². The van der Waals surface area contributed by atoms with Crippen LogP contribution in [0.5, 0.6) is 0 Å².